The van der Waals surface area contributed by atoms with Crippen molar-refractivity contribution < 1.29 is 14.3 Å². The highest BCUT2D eigenvalue weighted by Gasteiger charge is 2.32. The van der Waals surface area contributed by atoms with Crippen molar-refractivity contribution in [1.29, 1.82) is 0 Å². The zero-order valence-corrected chi connectivity index (χ0v) is 25.3. The van der Waals surface area contributed by atoms with Crippen LogP contribution in [0.2, 0.25) is 0 Å². The average molecular weight is 636 g/mol. The smallest absolute Gasteiger partial charge is 0.149 e. The van der Waals surface area contributed by atoms with Gasteiger partial charge >= 0.3 is 0 Å². The van der Waals surface area contributed by atoms with Crippen LogP contribution in [0.5, 0.6) is 23.0 Å². The van der Waals surface area contributed by atoms with Crippen molar-refractivity contribution in [3.05, 3.63) is 118 Å². The lowest BCUT2D eigenvalue weighted by atomic mass is 9.80. The highest BCUT2D eigenvalue weighted by Crippen LogP contribution is 2.38. The van der Waals surface area contributed by atoms with Gasteiger partial charge < -0.3 is 9.47 Å². The van der Waals surface area contributed by atoms with E-state index in [-0.39, 0.29) is 17.6 Å². The second-order valence-corrected chi connectivity index (χ2v) is 10.9. The Labute approximate surface area is 242 Å². The van der Waals surface area contributed by atoms with Crippen molar-refractivity contribution in [2.75, 3.05) is 10.7 Å². The number of halogens is 2. The van der Waals surface area contributed by atoms with Crippen LogP contribution in [0.4, 0.5) is 0 Å². The Hall–Kier alpha value is -2.89. The lowest BCUT2D eigenvalue weighted by Crippen LogP contribution is -2.25. The second-order valence-electron chi connectivity index (χ2n) is 9.59. The van der Waals surface area contributed by atoms with Gasteiger partial charge in [0.25, 0.3) is 0 Å². The van der Waals surface area contributed by atoms with E-state index in [0.29, 0.717) is 10.7 Å². The first-order chi connectivity index (χ1) is 18.3. The summed E-state index contributed by atoms with van der Waals surface area (Å²) in [7, 11) is 0. The van der Waals surface area contributed by atoms with Gasteiger partial charge in [-0.25, -0.2) is 0 Å². The molecule has 0 fully saturated rings. The number of carbonyl (C=O) groups is 1. The van der Waals surface area contributed by atoms with Crippen LogP contribution < -0.4 is 9.47 Å². The van der Waals surface area contributed by atoms with Gasteiger partial charge in [0.05, 0.1) is 11.8 Å². The summed E-state index contributed by atoms with van der Waals surface area (Å²) in [5.74, 6) is 2.73. The number of benzene rings is 4. The standard InChI is InChI=1S/C33H32Br2O3/c1-21-15-27(37-25-11-7-5-8-12-25)16-22(2)31(21)29(19-34)33(36)30(20-35)32-23(3)17-28(18-24(32)4)38-26-13-9-6-10-14-26/h5-18,29-30H,19-20H2,1-4H3. The van der Waals surface area contributed by atoms with Crippen LogP contribution in [-0.2, 0) is 4.79 Å². The summed E-state index contributed by atoms with van der Waals surface area (Å²) >= 11 is 7.32. The third-order valence-corrected chi connectivity index (χ3v) is 8.08. The van der Waals surface area contributed by atoms with Crippen LogP contribution in [-0.4, -0.2) is 16.4 Å². The second kappa shape index (κ2) is 12.8. The third-order valence-electron chi connectivity index (χ3n) is 6.78. The molecule has 5 heteroatoms. The van der Waals surface area contributed by atoms with E-state index in [2.05, 4.69) is 59.6 Å². The highest BCUT2D eigenvalue weighted by molar-refractivity contribution is 9.09. The molecular formula is C33H32Br2O3. The fourth-order valence-electron chi connectivity index (χ4n) is 5.17. The number of hydrogen-bond donors (Lipinski definition) is 0. The van der Waals surface area contributed by atoms with Crippen molar-refractivity contribution in [2.24, 2.45) is 0 Å². The molecular weight excluding hydrogens is 604 g/mol. The van der Waals surface area contributed by atoms with E-state index in [4.69, 9.17) is 9.47 Å². The van der Waals surface area contributed by atoms with Crippen molar-refractivity contribution in [3.63, 3.8) is 0 Å². The van der Waals surface area contributed by atoms with Gasteiger partial charge in [0.2, 0.25) is 0 Å². The van der Waals surface area contributed by atoms with Crippen LogP contribution in [0.15, 0.2) is 84.9 Å². The lowest BCUT2D eigenvalue weighted by Gasteiger charge is -2.26. The monoisotopic (exact) mass is 634 g/mol. The molecule has 4 rings (SSSR count). The number of Topliss-reactive ketones (excluding diaryl/α,β-unsaturated/α-hetero) is 1. The molecule has 0 N–H and O–H groups in total. The first-order valence-electron chi connectivity index (χ1n) is 12.7. The van der Waals surface area contributed by atoms with Crippen LogP contribution in [0, 0.1) is 27.7 Å². The van der Waals surface area contributed by atoms with E-state index >= 15 is 0 Å². The molecule has 0 spiro atoms. The van der Waals surface area contributed by atoms with E-state index in [9.17, 15) is 4.79 Å². The van der Waals surface area contributed by atoms with Gasteiger partial charge in [0, 0.05) is 10.7 Å². The molecule has 0 aromatic heterocycles. The fourth-order valence-corrected chi connectivity index (χ4v) is 6.46. The van der Waals surface area contributed by atoms with E-state index in [0.717, 1.165) is 56.4 Å². The van der Waals surface area contributed by atoms with Gasteiger partial charge in [0.1, 0.15) is 28.8 Å². The maximum atomic E-state index is 14.1. The summed E-state index contributed by atoms with van der Waals surface area (Å²) in [4.78, 5) is 14.1. The summed E-state index contributed by atoms with van der Waals surface area (Å²) in [5.41, 5.74) is 6.28. The van der Waals surface area contributed by atoms with E-state index in [1.807, 2.05) is 84.9 Å². The van der Waals surface area contributed by atoms with Gasteiger partial charge in [-0.1, -0.05) is 68.3 Å². The van der Waals surface area contributed by atoms with E-state index in [1.165, 1.54) is 0 Å². The number of ketones is 1. The Bertz CT molecular complexity index is 1250. The topological polar surface area (TPSA) is 35.5 Å². The molecule has 2 unspecified atom stereocenters. The number of rotatable bonds is 10. The fraction of sp³-hybridized carbons (Fsp3) is 0.242. The molecule has 4 aromatic carbocycles. The Morgan fingerprint density at radius 1 is 0.579 bits per heavy atom. The number of carbonyl (C=O) groups excluding carboxylic acids is 1. The largest absolute Gasteiger partial charge is 0.457 e. The number of alkyl halides is 2. The van der Waals surface area contributed by atoms with Crippen LogP contribution in [0.3, 0.4) is 0 Å². The van der Waals surface area contributed by atoms with Crippen LogP contribution >= 0.6 is 31.9 Å². The van der Waals surface area contributed by atoms with Crippen LogP contribution in [0.1, 0.15) is 45.2 Å². The quantitative estimate of drug-likeness (QED) is 0.163. The molecule has 196 valence electrons. The third kappa shape index (κ3) is 6.39. The molecule has 0 aliphatic carbocycles. The van der Waals surface area contributed by atoms with Crippen molar-refractivity contribution in [3.8, 4) is 23.0 Å². The minimum Gasteiger partial charge on any atom is -0.457 e. The molecule has 0 amide bonds. The first kappa shape index (κ1) is 28.1. The van der Waals surface area contributed by atoms with Gasteiger partial charge in [-0.3, -0.25) is 4.79 Å². The van der Waals surface area contributed by atoms with Crippen LogP contribution in [0.25, 0.3) is 0 Å². The number of hydrogen-bond acceptors (Lipinski definition) is 3. The molecule has 0 bridgehead atoms. The molecule has 4 aromatic rings. The lowest BCUT2D eigenvalue weighted by molar-refractivity contribution is -0.121. The molecule has 3 nitrogen and oxygen atoms in total. The minimum atomic E-state index is -0.289. The maximum absolute atomic E-state index is 14.1. The summed E-state index contributed by atoms with van der Waals surface area (Å²) in [6, 6.07) is 27.6. The van der Waals surface area contributed by atoms with Gasteiger partial charge in [0.15, 0.2) is 0 Å². The molecule has 0 saturated carbocycles. The van der Waals surface area contributed by atoms with E-state index in [1.54, 1.807) is 0 Å². The number of aryl methyl sites for hydroxylation is 4. The molecule has 2 atom stereocenters. The summed E-state index contributed by atoms with van der Waals surface area (Å²) in [6.45, 7) is 8.22. The van der Waals surface area contributed by atoms with Gasteiger partial charge in [-0.05, 0) is 110 Å². The Morgan fingerprint density at radius 2 is 0.895 bits per heavy atom. The molecule has 0 radical (unpaired) electrons. The molecule has 38 heavy (non-hydrogen) atoms. The predicted molar refractivity (Wildman–Crippen MR) is 163 cm³/mol. The Morgan fingerprint density at radius 3 is 1.18 bits per heavy atom. The van der Waals surface area contributed by atoms with Gasteiger partial charge in [-0.2, -0.15) is 0 Å². The summed E-state index contributed by atoms with van der Waals surface area (Å²) in [6.07, 6.45) is 0. The van der Waals surface area contributed by atoms with Crippen molar-refractivity contribution in [2.45, 2.75) is 39.5 Å². The molecule has 0 heterocycles. The minimum absolute atomic E-state index is 0.185. The molecule has 0 saturated heterocycles. The van der Waals surface area contributed by atoms with E-state index < -0.39 is 0 Å². The zero-order chi connectivity index (χ0) is 27.2. The number of ether oxygens (including phenoxy) is 2. The normalized spacial score (nSPS) is 12.6. The predicted octanol–water partition coefficient (Wildman–Crippen LogP) is 9.73. The zero-order valence-electron chi connectivity index (χ0n) is 22.1. The SMILES string of the molecule is Cc1cc(Oc2ccccc2)cc(C)c1C(CBr)C(=O)C(CBr)c1c(C)cc(Oc2ccccc2)cc1C. The van der Waals surface area contributed by atoms with Gasteiger partial charge in [-0.15, -0.1) is 0 Å². The molecule has 0 aliphatic rings. The first-order valence-corrected chi connectivity index (χ1v) is 14.9. The number of para-hydroxylation sites is 2. The maximum Gasteiger partial charge on any atom is 0.149 e. The summed E-state index contributed by atoms with van der Waals surface area (Å²) in [5, 5.41) is 1.09. The Kier molecular flexibility index (Phi) is 9.45. The highest BCUT2D eigenvalue weighted by atomic mass is 79.9. The average Bonchev–Trinajstić information content (AvgIpc) is 2.89. The summed E-state index contributed by atoms with van der Waals surface area (Å²) < 4.78 is 12.2. The van der Waals surface area contributed by atoms with Crippen molar-refractivity contribution >= 4 is 37.6 Å². The Balaban J connectivity index is 1.63. The molecule has 0 aliphatic heterocycles. The van der Waals surface area contributed by atoms with Crippen molar-refractivity contribution in [1.82, 2.24) is 0 Å².